The lowest BCUT2D eigenvalue weighted by atomic mass is 10.3. The van der Waals surface area contributed by atoms with Gasteiger partial charge in [0.05, 0.1) is 6.20 Å². The molecule has 0 radical (unpaired) electrons. The Morgan fingerprint density at radius 2 is 2.09 bits per heavy atom. The molecule has 0 unspecified atom stereocenters. The number of rotatable bonds is 5. The predicted octanol–water partition coefficient (Wildman–Crippen LogP) is 2.27. The molecular formula is C14H16N6OS. The van der Waals surface area contributed by atoms with Gasteiger partial charge in [-0.25, -0.2) is 0 Å². The van der Waals surface area contributed by atoms with Crippen molar-refractivity contribution >= 4 is 22.4 Å². The number of anilines is 1. The average Bonchev–Trinajstić information content (AvgIpc) is 3.20. The lowest BCUT2D eigenvalue weighted by Gasteiger charge is -2.06. The van der Waals surface area contributed by atoms with E-state index >= 15 is 0 Å². The molecule has 3 heterocycles. The second-order valence-electron chi connectivity index (χ2n) is 4.80. The number of amides is 1. The fourth-order valence-corrected chi connectivity index (χ4v) is 2.99. The van der Waals surface area contributed by atoms with Gasteiger partial charge in [0.1, 0.15) is 16.4 Å². The van der Waals surface area contributed by atoms with Crippen LogP contribution in [0.25, 0.3) is 5.82 Å². The molecule has 8 heteroatoms. The first-order chi connectivity index (χ1) is 10.7. The van der Waals surface area contributed by atoms with E-state index in [-0.39, 0.29) is 5.91 Å². The maximum Gasteiger partial charge on any atom is 0.262 e. The summed E-state index contributed by atoms with van der Waals surface area (Å²) in [6.07, 6.45) is 7.17. The van der Waals surface area contributed by atoms with Gasteiger partial charge in [-0.05, 0) is 18.6 Å². The molecule has 0 atom stereocenters. The van der Waals surface area contributed by atoms with Gasteiger partial charge in [-0.2, -0.15) is 5.10 Å². The summed E-state index contributed by atoms with van der Waals surface area (Å²) in [4.78, 5) is 12.5. The third kappa shape index (κ3) is 2.77. The van der Waals surface area contributed by atoms with E-state index in [2.05, 4.69) is 27.5 Å². The largest absolute Gasteiger partial charge is 0.308 e. The maximum absolute atomic E-state index is 12.5. The number of hydrogen-bond acceptors (Lipinski definition) is 5. The quantitative estimate of drug-likeness (QED) is 0.783. The molecule has 1 amide bonds. The molecule has 0 aromatic carbocycles. The smallest absolute Gasteiger partial charge is 0.262 e. The topological polar surface area (TPSA) is 77.6 Å². The van der Waals surface area contributed by atoms with Crippen molar-refractivity contribution in [1.29, 1.82) is 0 Å². The van der Waals surface area contributed by atoms with E-state index < -0.39 is 0 Å². The Kier molecular flexibility index (Phi) is 4.01. The monoisotopic (exact) mass is 316 g/mol. The van der Waals surface area contributed by atoms with E-state index in [1.54, 1.807) is 17.9 Å². The van der Waals surface area contributed by atoms with Crippen LogP contribution in [0.2, 0.25) is 0 Å². The zero-order chi connectivity index (χ0) is 15.5. The summed E-state index contributed by atoms with van der Waals surface area (Å²) in [5.74, 6) is 0.469. The summed E-state index contributed by atoms with van der Waals surface area (Å²) in [5, 5.41) is 16.5. The first-order valence-electron chi connectivity index (χ1n) is 6.98. The highest BCUT2D eigenvalue weighted by atomic mass is 32.1. The third-order valence-electron chi connectivity index (χ3n) is 3.15. The SMILES string of the molecule is CCCc1nnc(NC(=O)c2cnn(C)c2-n2cccc2)s1. The predicted molar refractivity (Wildman–Crippen MR) is 84.4 cm³/mol. The Hall–Kier alpha value is -2.48. The second-order valence-corrected chi connectivity index (χ2v) is 5.86. The standard InChI is InChI=1S/C14H16N6OS/c1-3-6-11-17-18-14(22-11)16-12(21)10-9-15-19(2)13(10)20-7-4-5-8-20/h4-5,7-9H,3,6H2,1-2H3,(H,16,18,21). The van der Waals surface area contributed by atoms with Crippen LogP contribution in [0.5, 0.6) is 0 Å². The van der Waals surface area contributed by atoms with Crippen molar-refractivity contribution in [2.45, 2.75) is 19.8 Å². The molecule has 114 valence electrons. The van der Waals surface area contributed by atoms with Gasteiger partial charge in [-0.3, -0.25) is 14.8 Å². The van der Waals surface area contributed by atoms with Crippen molar-refractivity contribution in [1.82, 2.24) is 24.5 Å². The van der Waals surface area contributed by atoms with E-state index in [0.29, 0.717) is 16.5 Å². The van der Waals surface area contributed by atoms with Crippen LogP contribution in [-0.2, 0) is 13.5 Å². The number of nitrogens with one attached hydrogen (secondary N) is 1. The maximum atomic E-state index is 12.5. The lowest BCUT2D eigenvalue weighted by Crippen LogP contribution is -2.14. The van der Waals surface area contributed by atoms with Gasteiger partial charge in [-0.15, -0.1) is 10.2 Å². The van der Waals surface area contributed by atoms with E-state index in [4.69, 9.17) is 0 Å². The number of aromatic nitrogens is 5. The zero-order valence-corrected chi connectivity index (χ0v) is 13.2. The second kappa shape index (κ2) is 6.10. The Labute approximate surface area is 131 Å². The molecular weight excluding hydrogens is 300 g/mol. The Balaban J connectivity index is 1.83. The van der Waals surface area contributed by atoms with E-state index in [0.717, 1.165) is 17.8 Å². The van der Waals surface area contributed by atoms with Crippen molar-refractivity contribution in [2.24, 2.45) is 7.05 Å². The molecule has 0 aliphatic rings. The van der Waals surface area contributed by atoms with Crippen LogP contribution in [-0.4, -0.2) is 30.5 Å². The van der Waals surface area contributed by atoms with Crippen molar-refractivity contribution in [3.63, 3.8) is 0 Å². The average molecular weight is 316 g/mol. The summed E-state index contributed by atoms with van der Waals surface area (Å²) in [7, 11) is 1.80. The van der Waals surface area contributed by atoms with Crippen LogP contribution < -0.4 is 5.32 Å². The van der Waals surface area contributed by atoms with Gasteiger partial charge in [0.15, 0.2) is 0 Å². The summed E-state index contributed by atoms with van der Waals surface area (Å²) in [6, 6.07) is 3.80. The van der Waals surface area contributed by atoms with Gasteiger partial charge >= 0.3 is 0 Å². The fourth-order valence-electron chi connectivity index (χ4n) is 2.16. The van der Waals surface area contributed by atoms with Gasteiger partial charge in [0, 0.05) is 25.9 Å². The number of nitrogens with zero attached hydrogens (tertiary/aromatic N) is 5. The highest BCUT2D eigenvalue weighted by molar-refractivity contribution is 7.15. The number of carbonyl (C=O) groups excluding carboxylic acids is 1. The van der Waals surface area contributed by atoms with Crippen LogP contribution in [0.1, 0.15) is 28.7 Å². The highest BCUT2D eigenvalue weighted by Gasteiger charge is 2.18. The summed E-state index contributed by atoms with van der Waals surface area (Å²) >= 11 is 1.40. The van der Waals surface area contributed by atoms with Gasteiger partial charge < -0.3 is 4.57 Å². The van der Waals surface area contributed by atoms with E-state index in [9.17, 15) is 4.79 Å². The fraction of sp³-hybridized carbons (Fsp3) is 0.286. The van der Waals surface area contributed by atoms with Crippen LogP contribution >= 0.6 is 11.3 Å². The summed E-state index contributed by atoms with van der Waals surface area (Å²) < 4.78 is 3.52. The molecule has 0 saturated heterocycles. The van der Waals surface area contributed by atoms with Gasteiger partial charge in [0.2, 0.25) is 5.13 Å². The molecule has 3 rings (SSSR count). The van der Waals surface area contributed by atoms with Gasteiger partial charge in [0.25, 0.3) is 5.91 Å². The Bertz CT molecular complexity index is 773. The summed E-state index contributed by atoms with van der Waals surface area (Å²) in [6.45, 7) is 2.08. The minimum atomic E-state index is -0.240. The van der Waals surface area contributed by atoms with Crippen molar-refractivity contribution in [2.75, 3.05) is 5.32 Å². The molecule has 22 heavy (non-hydrogen) atoms. The molecule has 3 aromatic heterocycles. The first-order valence-corrected chi connectivity index (χ1v) is 7.79. The molecule has 0 saturated carbocycles. The molecule has 3 aromatic rings. The van der Waals surface area contributed by atoms with E-state index in [1.807, 2.05) is 29.1 Å². The molecule has 7 nitrogen and oxygen atoms in total. The minimum absolute atomic E-state index is 0.240. The van der Waals surface area contributed by atoms with Crippen LogP contribution in [0.3, 0.4) is 0 Å². The Morgan fingerprint density at radius 3 is 2.82 bits per heavy atom. The van der Waals surface area contributed by atoms with Crippen LogP contribution in [0.15, 0.2) is 30.7 Å². The normalized spacial score (nSPS) is 10.8. The number of hydrogen-bond donors (Lipinski definition) is 1. The lowest BCUT2D eigenvalue weighted by molar-refractivity contribution is 0.102. The molecule has 0 aliphatic carbocycles. The van der Waals surface area contributed by atoms with Crippen molar-refractivity contribution in [3.8, 4) is 5.82 Å². The third-order valence-corrected chi connectivity index (χ3v) is 4.05. The molecule has 0 bridgehead atoms. The van der Waals surface area contributed by atoms with Crippen LogP contribution in [0.4, 0.5) is 5.13 Å². The van der Waals surface area contributed by atoms with Gasteiger partial charge in [-0.1, -0.05) is 18.3 Å². The number of aryl methyl sites for hydroxylation is 2. The highest BCUT2D eigenvalue weighted by Crippen LogP contribution is 2.19. The van der Waals surface area contributed by atoms with E-state index in [1.165, 1.54) is 11.3 Å². The van der Waals surface area contributed by atoms with Crippen molar-refractivity contribution < 1.29 is 4.79 Å². The first kappa shape index (κ1) is 14.5. The summed E-state index contributed by atoms with van der Waals surface area (Å²) in [5.41, 5.74) is 0.492. The molecule has 0 spiro atoms. The Morgan fingerprint density at radius 1 is 1.32 bits per heavy atom. The minimum Gasteiger partial charge on any atom is -0.308 e. The molecule has 1 N–H and O–H groups in total. The van der Waals surface area contributed by atoms with Crippen molar-refractivity contribution in [3.05, 3.63) is 41.3 Å². The number of carbonyl (C=O) groups is 1. The van der Waals surface area contributed by atoms with Crippen LogP contribution in [0, 0.1) is 0 Å². The molecule has 0 aliphatic heterocycles. The zero-order valence-electron chi connectivity index (χ0n) is 12.4. The molecule has 0 fully saturated rings.